The lowest BCUT2D eigenvalue weighted by Crippen LogP contribution is -2.44. The first-order chi connectivity index (χ1) is 13.7. The molecule has 3 heterocycles. The van der Waals surface area contributed by atoms with E-state index in [1.807, 2.05) is 24.3 Å². The predicted octanol–water partition coefficient (Wildman–Crippen LogP) is 1.91. The van der Waals surface area contributed by atoms with Crippen molar-refractivity contribution in [3.63, 3.8) is 0 Å². The second kappa shape index (κ2) is 7.82. The van der Waals surface area contributed by atoms with E-state index in [0.717, 1.165) is 5.56 Å². The number of pyridine rings is 1. The van der Waals surface area contributed by atoms with E-state index in [2.05, 4.69) is 15.6 Å². The number of fused-ring (bicyclic) bond motifs is 2. The molecule has 2 aliphatic heterocycles. The summed E-state index contributed by atoms with van der Waals surface area (Å²) in [6.45, 7) is 0.358. The smallest absolute Gasteiger partial charge is 0.231 e. The molecule has 7 nitrogen and oxygen atoms in total. The molecule has 2 bridgehead atoms. The molecular formula is C21H21N3O4. The number of anilines is 1. The van der Waals surface area contributed by atoms with Crippen LogP contribution in [-0.4, -0.2) is 36.1 Å². The maximum absolute atomic E-state index is 12.9. The number of ether oxygens (including phenoxy) is 2. The van der Waals surface area contributed by atoms with Crippen molar-refractivity contribution < 1.29 is 19.1 Å². The molecule has 1 aromatic heterocycles. The monoisotopic (exact) mass is 379 g/mol. The van der Waals surface area contributed by atoms with Gasteiger partial charge in [-0.3, -0.25) is 14.6 Å². The Bertz CT molecular complexity index is 882. The highest BCUT2D eigenvalue weighted by atomic mass is 16.5. The van der Waals surface area contributed by atoms with E-state index in [4.69, 9.17) is 9.47 Å². The molecule has 0 unspecified atom stereocenters. The number of rotatable bonds is 6. The van der Waals surface area contributed by atoms with Crippen molar-refractivity contribution in [3.8, 4) is 5.75 Å². The second-order valence-electron chi connectivity index (χ2n) is 6.80. The minimum absolute atomic E-state index is 0.199. The molecule has 4 atom stereocenters. The highest BCUT2D eigenvalue weighted by Crippen LogP contribution is 2.40. The third kappa shape index (κ3) is 3.61. The number of benzene rings is 1. The van der Waals surface area contributed by atoms with Gasteiger partial charge >= 0.3 is 0 Å². The fourth-order valence-electron chi connectivity index (χ4n) is 3.64. The van der Waals surface area contributed by atoms with Crippen molar-refractivity contribution in [2.24, 2.45) is 11.8 Å². The number of aromatic nitrogens is 1. The van der Waals surface area contributed by atoms with Crippen LogP contribution in [0, 0.1) is 11.8 Å². The fraction of sp³-hybridized carbons (Fsp3) is 0.286. The van der Waals surface area contributed by atoms with Crippen molar-refractivity contribution in [2.75, 3.05) is 12.4 Å². The predicted molar refractivity (Wildman–Crippen MR) is 102 cm³/mol. The molecule has 28 heavy (non-hydrogen) atoms. The Hall–Kier alpha value is -3.19. The van der Waals surface area contributed by atoms with Crippen LogP contribution >= 0.6 is 0 Å². The largest absolute Gasteiger partial charge is 0.497 e. The second-order valence-corrected chi connectivity index (χ2v) is 6.80. The van der Waals surface area contributed by atoms with Crippen LogP contribution in [0.4, 0.5) is 5.69 Å². The zero-order valence-electron chi connectivity index (χ0n) is 15.4. The van der Waals surface area contributed by atoms with Gasteiger partial charge in [0.25, 0.3) is 0 Å². The summed E-state index contributed by atoms with van der Waals surface area (Å²) < 4.78 is 10.9. The number of nitrogens with zero attached hydrogens (tertiary/aromatic N) is 1. The third-order valence-corrected chi connectivity index (χ3v) is 5.05. The molecule has 1 fully saturated rings. The lowest BCUT2D eigenvalue weighted by molar-refractivity contribution is -0.131. The molecule has 2 aliphatic rings. The van der Waals surface area contributed by atoms with Crippen molar-refractivity contribution >= 4 is 17.5 Å². The summed E-state index contributed by atoms with van der Waals surface area (Å²) in [4.78, 5) is 29.8. The van der Waals surface area contributed by atoms with Gasteiger partial charge < -0.3 is 20.1 Å². The summed E-state index contributed by atoms with van der Waals surface area (Å²) in [6.07, 6.45) is 6.32. The Balaban J connectivity index is 1.44. The van der Waals surface area contributed by atoms with Crippen molar-refractivity contribution in [1.29, 1.82) is 0 Å². The zero-order chi connectivity index (χ0) is 19.5. The third-order valence-electron chi connectivity index (χ3n) is 5.05. The van der Waals surface area contributed by atoms with E-state index in [1.54, 1.807) is 43.8 Å². The highest BCUT2D eigenvalue weighted by Gasteiger charge is 2.52. The van der Waals surface area contributed by atoms with Gasteiger partial charge in [0.15, 0.2) is 0 Å². The van der Waals surface area contributed by atoms with Gasteiger partial charge in [-0.25, -0.2) is 0 Å². The molecule has 144 valence electrons. The van der Waals surface area contributed by atoms with Gasteiger partial charge in [-0.05, 0) is 35.9 Å². The molecule has 0 radical (unpaired) electrons. The SMILES string of the molecule is COc1ccc(NC(=O)[C@H]2[C@@H](C(=O)NCc3cccnc3)[C@H]3C=C[C@@H]2O3)cc1. The quantitative estimate of drug-likeness (QED) is 0.749. The Kier molecular flexibility index (Phi) is 5.08. The topological polar surface area (TPSA) is 89.5 Å². The summed E-state index contributed by atoms with van der Waals surface area (Å²) in [5.41, 5.74) is 1.54. The summed E-state index contributed by atoms with van der Waals surface area (Å²) in [6, 6.07) is 10.8. The summed E-state index contributed by atoms with van der Waals surface area (Å²) in [5.74, 6) is -0.869. The van der Waals surface area contributed by atoms with Crippen LogP contribution in [0.5, 0.6) is 5.75 Å². The average molecular weight is 379 g/mol. The average Bonchev–Trinajstić information content (AvgIpc) is 3.35. The Labute approximate surface area is 162 Å². The molecule has 2 amide bonds. The van der Waals surface area contributed by atoms with E-state index >= 15 is 0 Å². The van der Waals surface area contributed by atoms with Crippen LogP contribution in [0.2, 0.25) is 0 Å². The van der Waals surface area contributed by atoms with Gasteiger partial charge in [0.1, 0.15) is 5.75 Å². The molecule has 1 saturated heterocycles. The number of hydrogen-bond donors (Lipinski definition) is 2. The van der Waals surface area contributed by atoms with E-state index in [1.165, 1.54) is 0 Å². The van der Waals surface area contributed by atoms with Gasteiger partial charge in [-0.2, -0.15) is 0 Å². The Morgan fingerprint density at radius 1 is 1.07 bits per heavy atom. The number of amides is 2. The van der Waals surface area contributed by atoms with Gasteiger partial charge in [0.05, 0.1) is 31.2 Å². The lowest BCUT2D eigenvalue weighted by atomic mass is 9.81. The minimum Gasteiger partial charge on any atom is -0.497 e. The maximum atomic E-state index is 12.9. The van der Waals surface area contributed by atoms with E-state index < -0.39 is 17.9 Å². The first kappa shape index (κ1) is 18.2. The Morgan fingerprint density at radius 2 is 1.79 bits per heavy atom. The summed E-state index contributed by atoms with van der Waals surface area (Å²) in [5, 5.41) is 5.78. The van der Waals surface area contributed by atoms with Crippen LogP contribution in [0.3, 0.4) is 0 Å². The van der Waals surface area contributed by atoms with Gasteiger partial charge in [-0.15, -0.1) is 0 Å². The van der Waals surface area contributed by atoms with E-state index in [9.17, 15) is 9.59 Å². The van der Waals surface area contributed by atoms with Crippen LogP contribution in [0.25, 0.3) is 0 Å². The number of hydrogen-bond acceptors (Lipinski definition) is 5. The highest BCUT2D eigenvalue weighted by molar-refractivity contribution is 5.97. The summed E-state index contributed by atoms with van der Waals surface area (Å²) >= 11 is 0. The maximum Gasteiger partial charge on any atom is 0.231 e. The summed E-state index contributed by atoms with van der Waals surface area (Å²) in [7, 11) is 1.58. The molecule has 2 aromatic rings. The van der Waals surface area contributed by atoms with Crippen molar-refractivity contribution in [2.45, 2.75) is 18.8 Å². The standard InChI is InChI=1S/C21H21N3O4/c1-27-15-6-4-14(5-7-15)24-21(26)19-17-9-8-16(28-17)18(19)20(25)23-12-13-3-2-10-22-11-13/h2-11,16-19H,12H2,1H3,(H,23,25)(H,24,26)/t16-,17+,18+,19-/m1/s1. The van der Waals surface area contributed by atoms with E-state index in [-0.39, 0.29) is 17.9 Å². The number of carbonyl (C=O) groups is 2. The van der Waals surface area contributed by atoms with Crippen LogP contribution in [0.1, 0.15) is 5.56 Å². The zero-order valence-corrected chi connectivity index (χ0v) is 15.4. The molecule has 4 rings (SSSR count). The van der Waals surface area contributed by atoms with Crippen LogP contribution in [-0.2, 0) is 20.9 Å². The molecule has 0 saturated carbocycles. The molecule has 7 heteroatoms. The molecule has 0 aliphatic carbocycles. The number of methoxy groups -OCH3 is 1. The normalized spacial score (nSPS) is 24.8. The molecule has 1 aromatic carbocycles. The first-order valence-electron chi connectivity index (χ1n) is 9.11. The van der Waals surface area contributed by atoms with Gasteiger partial charge in [-0.1, -0.05) is 18.2 Å². The number of nitrogens with one attached hydrogen (secondary N) is 2. The van der Waals surface area contributed by atoms with E-state index in [0.29, 0.717) is 18.0 Å². The van der Waals surface area contributed by atoms with Gasteiger partial charge in [0, 0.05) is 24.6 Å². The van der Waals surface area contributed by atoms with Gasteiger partial charge in [0.2, 0.25) is 11.8 Å². The van der Waals surface area contributed by atoms with Crippen molar-refractivity contribution in [3.05, 3.63) is 66.5 Å². The molecule has 0 spiro atoms. The molecular weight excluding hydrogens is 358 g/mol. The number of carbonyl (C=O) groups excluding carboxylic acids is 2. The molecule has 2 N–H and O–H groups in total. The van der Waals surface area contributed by atoms with Crippen molar-refractivity contribution in [1.82, 2.24) is 10.3 Å². The first-order valence-corrected chi connectivity index (χ1v) is 9.11. The minimum atomic E-state index is -0.578. The fourth-order valence-corrected chi connectivity index (χ4v) is 3.64. The van der Waals surface area contributed by atoms with Crippen LogP contribution in [0.15, 0.2) is 60.9 Å². The van der Waals surface area contributed by atoms with Crippen LogP contribution < -0.4 is 15.4 Å². The lowest BCUT2D eigenvalue weighted by Gasteiger charge is -2.23. The Morgan fingerprint density at radius 3 is 2.43 bits per heavy atom.